The van der Waals surface area contributed by atoms with Gasteiger partial charge in [-0.3, -0.25) is 4.57 Å². The van der Waals surface area contributed by atoms with Crippen molar-refractivity contribution in [2.24, 2.45) is 5.92 Å². The second kappa shape index (κ2) is 6.75. The van der Waals surface area contributed by atoms with E-state index in [2.05, 4.69) is 15.9 Å². The van der Waals surface area contributed by atoms with E-state index in [4.69, 9.17) is 19.4 Å². The van der Waals surface area contributed by atoms with E-state index in [1.54, 1.807) is 12.1 Å². The average molecular weight is 432 g/mol. The van der Waals surface area contributed by atoms with Crippen LogP contribution in [0, 0.1) is 17.2 Å². The molecule has 0 unspecified atom stereocenters. The first-order chi connectivity index (χ1) is 11.8. The third-order valence-electron chi connectivity index (χ3n) is 3.94. The first-order valence-electron chi connectivity index (χ1n) is 7.32. The van der Waals surface area contributed by atoms with Crippen LogP contribution < -0.4 is 0 Å². The van der Waals surface area contributed by atoms with Gasteiger partial charge in [-0.15, -0.1) is 0 Å². The van der Waals surface area contributed by atoms with E-state index in [9.17, 15) is 13.3 Å². The quantitative estimate of drug-likeness (QED) is 0.729. The van der Waals surface area contributed by atoms with Crippen molar-refractivity contribution in [3.05, 3.63) is 45.9 Å². The standard InChI is InChI=1S/C16H13BrF2NO4P/c17-15-5-12-2-1-10(6-20)3-13(12)4-14(15)16(18,19)25(22)23-8-11(7-21)9-24-25/h1-5,11,21H,7-9H2. The third kappa shape index (κ3) is 3.23. The largest absolute Gasteiger partial charge is 0.404 e. The predicted octanol–water partition coefficient (Wildman–Crippen LogP) is 4.37. The molecule has 2 aromatic rings. The van der Waals surface area contributed by atoms with Crippen LogP contribution in [0.1, 0.15) is 11.1 Å². The van der Waals surface area contributed by atoms with Crippen LogP contribution in [0.5, 0.6) is 0 Å². The number of nitrogens with zero attached hydrogens (tertiary/aromatic N) is 1. The average Bonchev–Trinajstić information content (AvgIpc) is 2.61. The van der Waals surface area contributed by atoms with Gasteiger partial charge in [-0.25, -0.2) is 0 Å². The normalized spacial score (nSPS) is 24.2. The lowest BCUT2D eigenvalue weighted by Crippen LogP contribution is -2.29. The molecule has 2 aromatic carbocycles. The number of aliphatic hydroxyl groups is 1. The van der Waals surface area contributed by atoms with Crippen LogP contribution in [-0.4, -0.2) is 24.9 Å². The highest BCUT2D eigenvalue weighted by Crippen LogP contribution is 2.69. The van der Waals surface area contributed by atoms with Gasteiger partial charge in [0.15, 0.2) is 0 Å². The van der Waals surface area contributed by atoms with Gasteiger partial charge in [0.05, 0.1) is 31.5 Å². The Morgan fingerprint density at radius 3 is 2.56 bits per heavy atom. The minimum Gasteiger partial charge on any atom is -0.396 e. The zero-order valence-electron chi connectivity index (χ0n) is 12.8. The van der Waals surface area contributed by atoms with Crippen molar-refractivity contribution in [3.63, 3.8) is 0 Å². The summed E-state index contributed by atoms with van der Waals surface area (Å²) < 4.78 is 52.3. The highest BCUT2D eigenvalue weighted by molar-refractivity contribution is 9.10. The first-order valence-corrected chi connectivity index (χ1v) is 9.66. The lowest BCUT2D eigenvalue weighted by molar-refractivity contribution is -0.00856. The van der Waals surface area contributed by atoms with Crippen LogP contribution >= 0.6 is 23.5 Å². The number of hydrogen-bond donors (Lipinski definition) is 1. The lowest BCUT2D eigenvalue weighted by Gasteiger charge is -2.33. The molecule has 1 heterocycles. The minimum atomic E-state index is -4.75. The Labute approximate surface area is 150 Å². The summed E-state index contributed by atoms with van der Waals surface area (Å²) in [6.07, 6.45) is 0. The maximum Gasteiger partial charge on any atom is 0.404 e. The second-order valence-electron chi connectivity index (χ2n) is 5.68. The van der Waals surface area contributed by atoms with Crippen LogP contribution in [0.15, 0.2) is 34.8 Å². The Kier molecular flexibility index (Phi) is 4.97. The van der Waals surface area contributed by atoms with Gasteiger partial charge in [0.1, 0.15) is 0 Å². The van der Waals surface area contributed by atoms with E-state index < -0.39 is 24.7 Å². The number of aliphatic hydroxyl groups excluding tert-OH is 1. The van der Waals surface area contributed by atoms with E-state index >= 15 is 0 Å². The summed E-state index contributed by atoms with van der Waals surface area (Å²) in [6, 6.07) is 9.28. The fourth-order valence-corrected chi connectivity index (χ4v) is 4.93. The summed E-state index contributed by atoms with van der Waals surface area (Å²) in [4.78, 5) is 0. The highest BCUT2D eigenvalue weighted by Gasteiger charge is 2.57. The Balaban J connectivity index is 2.06. The Bertz CT molecular complexity index is 903. The SMILES string of the molecule is N#Cc1ccc2cc(Br)c(C(F)(F)P3(=O)OCC(CO)CO3)cc2c1. The maximum atomic E-state index is 15.0. The van der Waals surface area contributed by atoms with Crippen molar-refractivity contribution in [2.75, 3.05) is 19.8 Å². The van der Waals surface area contributed by atoms with Gasteiger partial charge in [-0.1, -0.05) is 22.0 Å². The van der Waals surface area contributed by atoms with Crippen LogP contribution in [0.3, 0.4) is 0 Å². The molecule has 3 rings (SSSR count). The van der Waals surface area contributed by atoms with Gasteiger partial charge >= 0.3 is 13.3 Å². The van der Waals surface area contributed by atoms with Crippen molar-refractivity contribution >= 4 is 34.3 Å². The number of nitriles is 1. The van der Waals surface area contributed by atoms with Crippen LogP contribution in [0.4, 0.5) is 8.78 Å². The van der Waals surface area contributed by atoms with Crippen LogP contribution in [0.25, 0.3) is 10.8 Å². The Morgan fingerprint density at radius 1 is 1.28 bits per heavy atom. The fraction of sp³-hybridized carbons (Fsp3) is 0.312. The summed E-state index contributed by atoms with van der Waals surface area (Å²) in [5.41, 5.74) is -4.10. The number of benzene rings is 2. The zero-order valence-corrected chi connectivity index (χ0v) is 15.3. The molecule has 0 bridgehead atoms. The van der Waals surface area contributed by atoms with Crippen molar-refractivity contribution in [1.29, 1.82) is 5.26 Å². The molecule has 1 aliphatic heterocycles. The number of hydrogen-bond acceptors (Lipinski definition) is 5. The fourth-order valence-electron chi connectivity index (χ4n) is 2.48. The van der Waals surface area contributed by atoms with E-state index in [1.807, 2.05) is 6.07 Å². The molecule has 1 saturated heterocycles. The summed E-state index contributed by atoms with van der Waals surface area (Å²) in [7, 11) is -4.75. The first kappa shape index (κ1) is 18.4. The smallest absolute Gasteiger partial charge is 0.396 e. The Morgan fingerprint density at radius 2 is 1.96 bits per heavy atom. The van der Waals surface area contributed by atoms with Crippen LogP contribution in [0.2, 0.25) is 0 Å². The van der Waals surface area contributed by atoms with Gasteiger partial charge in [0.25, 0.3) is 0 Å². The van der Waals surface area contributed by atoms with Crippen molar-refractivity contribution in [1.82, 2.24) is 0 Å². The van der Waals surface area contributed by atoms with Crippen molar-refractivity contribution < 1.29 is 27.5 Å². The molecular formula is C16H13BrF2NO4P. The number of rotatable bonds is 3. The maximum absolute atomic E-state index is 15.0. The summed E-state index contributed by atoms with van der Waals surface area (Å²) in [5, 5.41) is 19.0. The summed E-state index contributed by atoms with van der Waals surface area (Å²) >= 11 is 3.09. The number of halogens is 3. The molecule has 1 aliphatic rings. The molecule has 25 heavy (non-hydrogen) atoms. The minimum absolute atomic E-state index is 0.0569. The molecule has 0 amide bonds. The molecule has 0 radical (unpaired) electrons. The van der Waals surface area contributed by atoms with Gasteiger partial charge in [-0.2, -0.15) is 14.0 Å². The van der Waals surface area contributed by atoms with Gasteiger partial charge in [-0.05, 0) is 35.0 Å². The molecule has 1 fully saturated rings. The van der Waals surface area contributed by atoms with Crippen LogP contribution in [-0.2, 0) is 19.3 Å². The molecule has 0 saturated carbocycles. The molecule has 0 spiro atoms. The van der Waals surface area contributed by atoms with Gasteiger partial charge < -0.3 is 14.2 Å². The topological polar surface area (TPSA) is 79.6 Å². The number of fused-ring (bicyclic) bond motifs is 1. The monoisotopic (exact) mass is 431 g/mol. The Hall–Kier alpha value is -1.36. The van der Waals surface area contributed by atoms with E-state index in [0.717, 1.165) is 0 Å². The van der Waals surface area contributed by atoms with Gasteiger partial charge in [0, 0.05) is 16.0 Å². The third-order valence-corrected chi connectivity index (χ3v) is 6.50. The molecule has 0 aromatic heterocycles. The van der Waals surface area contributed by atoms with E-state index in [1.165, 1.54) is 18.2 Å². The lowest BCUT2D eigenvalue weighted by atomic mass is 10.0. The second-order valence-corrected chi connectivity index (χ2v) is 8.61. The highest BCUT2D eigenvalue weighted by atomic mass is 79.9. The number of alkyl halides is 2. The summed E-state index contributed by atoms with van der Waals surface area (Å²) in [6.45, 7) is -0.845. The molecule has 1 N–H and O–H groups in total. The molecule has 132 valence electrons. The molecule has 9 heteroatoms. The molecule has 0 aliphatic carbocycles. The molecular weight excluding hydrogens is 419 g/mol. The zero-order chi connectivity index (χ0) is 18.2. The van der Waals surface area contributed by atoms with E-state index in [-0.39, 0.29) is 24.3 Å². The molecule has 0 atom stereocenters. The predicted molar refractivity (Wildman–Crippen MR) is 90.3 cm³/mol. The van der Waals surface area contributed by atoms with Crippen molar-refractivity contribution in [3.8, 4) is 6.07 Å². The van der Waals surface area contributed by atoms with E-state index in [0.29, 0.717) is 16.3 Å². The summed E-state index contributed by atoms with van der Waals surface area (Å²) in [5.74, 6) is -0.490. The van der Waals surface area contributed by atoms with Gasteiger partial charge in [0.2, 0.25) is 0 Å². The molecule has 5 nitrogen and oxygen atoms in total. The van der Waals surface area contributed by atoms with Crippen molar-refractivity contribution in [2.45, 2.75) is 5.66 Å².